The van der Waals surface area contributed by atoms with Crippen LogP contribution in [0.3, 0.4) is 0 Å². The molecule has 1 aliphatic heterocycles. The van der Waals surface area contributed by atoms with Gasteiger partial charge in [0.2, 0.25) is 11.8 Å². The van der Waals surface area contributed by atoms with Crippen LogP contribution in [0.4, 0.5) is 0 Å². The highest BCUT2D eigenvalue weighted by Crippen LogP contribution is 2.04. The highest BCUT2D eigenvalue weighted by Gasteiger charge is 2.26. The van der Waals surface area contributed by atoms with Gasteiger partial charge in [0.25, 0.3) is 0 Å². The molecule has 5 nitrogen and oxygen atoms in total. The van der Waals surface area contributed by atoms with Gasteiger partial charge in [-0.25, -0.2) is 0 Å². The van der Waals surface area contributed by atoms with E-state index in [0.717, 1.165) is 6.42 Å². The van der Waals surface area contributed by atoms with Crippen LogP contribution in [0.2, 0.25) is 0 Å². The average Bonchev–Trinajstić information content (AvgIpc) is 2.20. The minimum Gasteiger partial charge on any atom is -0.354 e. The molecule has 6 heteroatoms. The minimum absolute atomic E-state index is 0. The number of carbonyl (C=O) groups is 2. The van der Waals surface area contributed by atoms with Gasteiger partial charge in [-0.2, -0.15) is 0 Å². The SMILES string of the molecule is CC(C)C(N)C(=O)NC1CCCNC1=O.Cl. The zero-order valence-corrected chi connectivity index (χ0v) is 10.5. The summed E-state index contributed by atoms with van der Waals surface area (Å²) in [6.45, 7) is 4.46. The molecule has 2 amide bonds. The number of hydrogen-bond acceptors (Lipinski definition) is 3. The van der Waals surface area contributed by atoms with E-state index in [1.54, 1.807) is 0 Å². The predicted molar refractivity (Wildman–Crippen MR) is 64.2 cm³/mol. The summed E-state index contributed by atoms with van der Waals surface area (Å²) in [6.07, 6.45) is 1.59. The molecule has 0 aromatic heterocycles. The Balaban J connectivity index is 0.00000225. The Hall–Kier alpha value is -0.810. The number of hydrogen-bond donors (Lipinski definition) is 3. The first-order valence-corrected chi connectivity index (χ1v) is 5.36. The fourth-order valence-electron chi connectivity index (χ4n) is 1.48. The predicted octanol–water partition coefficient (Wildman–Crippen LogP) is -0.214. The maximum Gasteiger partial charge on any atom is 0.242 e. The van der Waals surface area contributed by atoms with Gasteiger partial charge in [-0.05, 0) is 18.8 Å². The summed E-state index contributed by atoms with van der Waals surface area (Å²) >= 11 is 0. The van der Waals surface area contributed by atoms with Crippen LogP contribution in [-0.2, 0) is 9.59 Å². The van der Waals surface area contributed by atoms with Crippen molar-refractivity contribution in [2.24, 2.45) is 11.7 Å². The zero-order valence-electron chi connectivity index (χ0n) is 9.66. The van der Waals surface area contributed by atoms with Crippen molar-refractivity contribution in [2.75, 3.05) is 6.54 Å². The Morgan fingerprint density at radius 3 is 2.69 bits per heavy atom. The Morgan fingerprint density at radius 1 is 1.56 bits per heavy atom. The Kier molecular flexibility index (Phi) is 6.36. The summed E-state index contributed by atoms with van der Waals surface area (Å²) in [5.74, 6) is -0.269. The Morgan fingerprint density at radius 2 is 2.19 bits per heavy atom. The second-order valence-electron chi connectivity index (χ2n) is 4.26. The first kappa shape index (κ1) is 15.2. The van der Waals surface area contributed by atoms with Gasteiger partial charge in [0.15, 0.2) is 0 Å². The first-order chi connectivity index (χ1) is 7.02. The first-order valence-electron chi connectivity index (χ1n) is 5.36. The van der Waals surface area contributed by atoms with Crippen molar-refractivity contribution in [3.8, 4) is 0 Å². The quantitative estimate of drug-likeness (QED) is 0.647. The molecule has 1 heterocycles. The molecule has 0 aromatic carbocycles. The van der Waals surface area contributed by atoms with E-state index < -0.39 is 12.1 Å². The molecule has 1 aliphatic rings. The summed E-state index contributed by atoms with van der Waals surface area (Å²) in [5.41, 5.74) is 5.68. The number of nitrogens with one attached hydrogen (secondary N) is 2. The van der Waals surface area contributed by atoms with Crippen LogP contribution >= 0.6 is 12.4 Å². The fourth-order valence-corrected chi connectivity index (χ4v) is 1.48. The van der Waals surface area contributed by atoms with Crippen LogP contribution in [0.1, 0.15) is 26.7 Å². The third-order valence-electron chi connectivity index (χ3n) is 2.62. The van der Waals surface area contributed by atoms with E-state index >= 15 is 0 Å². The summed E-state index contributed by atoms with van der Waals surface area (Å²) in [7, 11) is 0. The van der Waals surface area contributed by atoms with Crippen LogP contribution in [0.15, 0.2) is 0 Å². The standard InChI is InChI=1S/C10H19N3O2.ClH/c1-6(2)8(11)10(15)13-7-4-3-5-12-9(7)14;/h6-8H,3-5,11H2,1-2H3,(H,12,14)(H,13,15);1H. The molecule has 16 heavy (non-hydrogen) atoms. The summed E-state index contributed by atoms with van der Waals surface area (Å²) in [5, 5.41) is 5.38. The van der Waals surface area contributed by atoms with Crippen molar-refractivity contribution in [1.29, 1.82) is 0 Å². The monoisotopic (exact) mass is 249 g/mol. The van der Waals surface area contributed by atoms with Crippen LogP contribution < -0.4 is 16.4 Å². The number of nitrogens with two attached hydrogens (primary N) is 1. The number of amides is 2. The summed E-state index contributed by atoms with van der Waals surface area (Å²) in [6, 6.07) is -0.948. The van der Waals surface area contributed by atoms with Crippen molar-refractivity contribution in [2.45, 2.75) is 38.8 Å². The molecule has 1 rings (SSSR count). The Bertz CT molecular complexity index is 258. The normalized spacial score (nSPS) is 22.0. The molecule has 0 aromatic rings. The molecule has 1 fully saturated rings. The van der Waals surface area contributed by atoms with E-state index in [2.05, 4.69) is 10.6 Å². The lowest BCUT2D eigenvalue weighted by atomic mass is 10.0. The van der Waals surface area contributed by atoms with E-state index in [0.29, 0.717) is 13.0 Å². The van der Waals surface area contributed by atoms with E-state index in [-0.39, 0.29) is 30.1 Å². The zero-order chi connectivity index (χ0) is 11.4. The molecule has 2 unspecified atom stereocenters. The van der Waals surface area contributed by atoms with E-state index in [1.807, 2.05) is 13.8 Å². The molecule has 0 bridgehead atoms. The molecule has 94 valence electrons. The van der Waals surface area contributed by atoms with Crippen LogP contribution in [0.5, 0.6) is 0 Å². The van der Waals surface area contributed by atoms with E-state index in [9.17, 15) is 9.59 Å². The van der Waals surface area contributed by atoms with Crippen molar-refractivity contribution in [3.05, 3.63) is 0 Å². The van der Waals surface area contributed by atoms with Crippen LogP contribution in [-0.4, -0.2) is 30.4 Å². The molecule has 0 aliphatic carbocycles. The maximum atomic E-state index is 11.6. The lowest BCUT2D eigenvalue weighted by Crippen LogP contribution is -2.54. The molecular weight excluding hydrogens is 230 g/mol. The number of rotatable bonds is 3. The lowest BCUT2D eigenvalue weighted by Gasteiger charge is -2.25. The topological polar surface area (TPSA) is 84.2 Å². The van der Waals surface area contributed by atoms with Gasteiger partial charge < -0.3 is 16.4 Å². The average molecular weight is 250 g/mol. The van der Waals surface area contributed by atoms with Crippen molar-refractivity contribution in [3.63, 3.8) is 0 Å². The van der Waals surface area contributed by atoms with Gasteiger partial charge in [0.05, 0.1) is 6.04 Å². The lowest BCUT2D eigenvalue weighted by molar-refractivity contribution is -0.131. The van der Waals surface area contributed by atoms with Crippen molar-refractivity contribution in [1.82, 2.24) is 10.6 Å². The molecule has 0 saturated carbocycles. The molecule has 0 spiro atoms. The third-order valence-corrected chi connectivity index (χ3v) is 2.62. The molecular formula is C10H20ClN3O2. The van der Waals surface area contributed by atoms with Gasteiger partial charge in [-0.15, -0.1) is 12.4 Å². The van der Waals surface area contributed by atoms with Gasteiger partial charge in [-0.3, -0.25) is 9.59 Å². The third kappa shape index (κ3) is 3.98. The molecule has 1 saturated heterocycles. The van der Waals surface area contributed by atoms with Gasteiger partial charge >= 0.3 is 0 Å². The molecule has 4 N–H and O–H groups in total. The van der Waals surface area contributed by atoms with Gasteiger partial charge in [0.1, 0.15) is 6.04 Å². The minimum atomic E-state index is -0.542. The second kappa shape index (κ2) is 6.70. The highest BCUT2D eigenvalue weighted by molar-refractivity contribution is 5.90. The number of piperidine rings is 1. The van der Waals surface area contributed by atoms with Crippen molar-refractivity contribution >= 4 is 24.2 Å². The van der Waals surface area contributed by atoms with E-state index in [1.165, 1.54) is 0 Å². The van der Waals surface area contributed by atoms with Gasteiger partial charge in [0, 0.05) is 6.54 Å². The summed E-state index contributed by atoms with van der Waals surface area (Å²) in [4.78, 5) is 22.9. The number of carbonyl (C=O) groups excluding carboxylic acids is 2. The highest BCUT2D eigenvalue weighted by atomic mass is 35.5. The van der Waals surface area contributed by atoms with Gasteiger partial charge in [-0.1, -0.05) is 13.8 Å². The summed E-state index contributed by atoms with van der Waals surface area (Å²) < 4.78 is 0. The fraction of sp³-hybridized carbons (Fsp3) is 0.800. The maximum absolute atomic E-state index is 11.6. The van der Waals surface area contributed by atoms with Crippen LogP contribution in [0.25, 0.3) is 0 Å². The largest absolute Gasteiger partial charge is 0.354 e. The molecule has 0 radical (unpaired) electrons. The second-order valence-corrected chi connectivity index (χ2v) is 4.26. The van der Waals surface area contributed by atoms with Crippen LogP contribution in [0, 0.1) is 5.92 Å². The van der Waals surface area contributed by atoms with E-state index in [4.69, 9.17) is 5.73 Å². The smallest absolute Gasteiger partial charge is 0.242 e. The Labute approximate surface area is 102 Å². The molecule has 2 atom stereocenters. The van der Waals surface area contributed by atoms with Crippen molar-refractivity contribution < 1.29 is 9.59 Å². The number of halogens is 1.